The molecule has 0 heterocycles. The summed E-state index contributed by atoms with van der Waals surface area (Å²) in [5, 5.41) is 3.52. The Morgan fingerprint density at radius 2 is 2.00 bits per heavy atom. The molecule has 0 radical (unpaired) electrons. The van der Waals surface area contributed by atoms with Gasteiger partial charge in [0.05, 0.1) is 18.6 Å². The van der Waals surface area contributed by atoms with Crippen LogP contribution in [0, 0.1) is 12.7 Å². The van der Waals surface area contributed by atoms with Crippen LogP contribution in [0.15, 0.2) is 36.4 Å². The Hall–Kier alpha value is -1.72. The molecule has 3 nitrogen and oxygen atoms in total. The number of ether oxygens (including phenoxy) is 1. The number of aryl methyl sites for hydroxylation is 1. The van der Waals surface area contributed by atoms with Crippen molar-refractivity contribution in [3.63, 3.8) is 0 Å². The molecule has 0 aliphatic heterocycles. The number of amides is 1. The molecule has 0 saturated carbocycles. The smallest absolute Gasteiger partial charge is 0.234 e. The van der Waals surface area contributed by atoms with Crippen molar-refractivity contribution >= 4 is 35.0 Å². The number of carbonyl (C=O) groups excluding carboxylic acids is 1. The summed E-state index contributed by atoms with van der Waals surface area (Å²) in [4.78, 5) is 12.2. The van der Waals surface area contributed by atoms with Crippen molar-refractivity contribution in [2.24, 2.45) is 0 Å². The monoisotopic (exact) mass is 367 g/mol. The average Bonchev–Trinajstić information content (AvgIpc) is 2.56. The largest absolute Gasteiger partial charge is 0.495 e. The van der Waals surface area contributed by atoms with Gasteiger partial charge >= 0.3 is 0 Å². The van der Waals surface area contributed by atoms with Gasteiger partial charge in [-0.1, -0.05) is 23.7 Å². The topological polar surface area (TPSA) is 38.3 Å². The van der Waals surface area contributed by atoms with Gasteiger partial charge in [0.15, 0.2) is 0 Å². The zero-order valence-corrected chi connectivity index (χ0v) is 15.3. The summed E-state index contributed by atoms with van der Waals surface area (Å²) in [6.45, 7) is 3.85. The molecule has 0 spiro atoms. The van der Waals surface area contributed by atoms with E-state index in [0.29, 0.717) is 16.5 Å². The summed E-state index contributed by atoms with van der Waals surface area (Å²) in [5.41, 5.74) is 2.44. The second-order valence-electron chi connectivity index (χ2n) is 5.35. The van der Waals surface area contributed by atoms with Crippen molar-refractivity contribution in [2.45, 2.75) is 19.1 Å². The van der Waals surface area contributed by atoms with E-state index in [1.807, 2.05) is 13.8 Å². The quantitative estimate of drug-likeness (QED) is 0.759. The molecule has 0 saturated heterocycles. The van der Waals surface area contributed by atoms with Gasteiger partial charge in [-0.3, -0.25) is 4.79 Å². The summed E-state index contributed by atoms with van der Waals surface area (Å²) in [6.07, 6.45) is 0. The van der Waals surface area contributed by atoms with E-state index in [4.69, 9.17) is 16.3 Å². The van der Waals surface area contributed by atoms with Crippen LogP contribution in [-0.2, 0) is 4.79 Å². The van der Waals surface area contributed by atoms with Crippen LogP contribution in [0.2, 0.25) is 5.02 Å². The average molecular weight is 368 g/mol. The summed E-state index contributed by atoms with van der Waals surface area (Å²) < 4.78 is 18.2. The Balaban J connectivity index is 1.96. The van der Waals surface area contributed by atoms with Crippen molar-refractivity contribution in [2.75, 3.05) is 18.2 Å². The van der Waals surface area contributed by atoms with Gasteiger partial charge < -0.3 is 10.1 Å². The first-order valence-corrected chi connectivity index (χ1v) is 8.84. The van der Waals surface area contributed by atoms with Crippen molar-refractivity contribution in [1.82, 2.24) is 0 Å². The number of hydrogen-bond acceptors (Lipinski definition) is 3. The molecular formula is C18H19ClFNO2S. The zero-order chi connectivity index (χ0) is 17.7. The third-order valence-corrected chi connectivity index (χ3v) is 5.17. The van der Waals surface area contributed by atoms with Gasteiger partial charge in [-0.15, -0.1) is 11.8 Å². The van der Waals surface area contributed by atoms with Crippen molar-refractivity contribution in [3.8, 4) is 5.75 Å². The lowest BCUT2D eigenvalue weighted by Gasteiger charge is -2.14. The molecule has 0 fully saturated rings. The van der Waals surface area contributed by atoms with Crippen LogP contribution in [0.1, 0.15) is 23.3 Å². The summed E-state index contributed by atoms with van der Waals surface area (Å²) in [6, 6.07) is 9.78. The van der Waals surface area contributed by atoms with E-state index in [1.54, 1.807) is 24.3 Å². The predicted molar refractivity (Wildman–Crippen MR) is 98.6 cm³/mol. The van der Waals surface area contributed by atoms with Gasteiger partial charge in [0.2, 0.25) is 5.91 Å². The molecule has 0 aromatic heterocycles. The number of nitrogens with one attached hydrogen (secondary N) is 1. The van der Waals surface area contributed by atoms with E-state index >= 15 is 0 Å². The fraction of sp³-hybridized carbons (Fsp3) is 0.278. The minimum Gasteiger partial charge on any atom is -0.495 e. The van der Waals surface area contributed by atoms with Crippen LogP contribution in [0.4, 0.5) is 10.1 Å². The Labute approximate surface area is 150 Å². The van der Waals surface area contributed by atoms with Crippen LogP contribution in [-0.4, -0.2) is 18.8 Å². The molecule has 1 unspecified atom stereocenters. The molecule has 2 rings (SSSR count). The molecule has 2 aromatic carbocycles. The number of benzene rings is 2. The summed E-state index contributed by atoms with van der Waals surface area (Å²) >= 11 is 7.54. The number of carbonyl (C=O) groups is 1. The van der Waals surface area contributed by atoms with Crippen LogP contribution in [0.3, 0.4) is 0 Å². The number of anilines is 1. The first-order chi connectivity index (χ1) is 11.4. The van der Waals surface area contributed by atoms with E-state index in [1.165, 1.54) is 31.0 Å². The van der Waals surface area contributed by atoms with E-state index in [9.17, 15) is 9.18 Å². The van der Waals surface area contributed by atoms with E-state index in [0.717, 1.165) is 11.1 Å². The van der Waals surface area contributed by atoms with Crippen LogP contribution in [0.25, 0.3) is 0 Å². The highest BCUT2D eigenvalue weighted by Crippen LogP contribution is 2.32. The Morgan fingerprint density at radius 3 is 2.62 bits per heavy atom. The number of hydrogen-bond donors (Lipinski definition) is 1. The number of methoxy groups -OCH3 is 1. The third-order valence-electron chi connectivity index (χ3n) is 3.56. The minimum atomic E-state index is -0.265. The molecule has 0 bridgehead atoms. The Morgan fingerprint density at radius 1 is 1.33 bits per heavy atom. The standard InChI is InChI=1S/C18H19ClFNO2S/c1-11-8-16(17(23-3)9-15(11)19)21-18(22)10-24-12(2)13-4-6-14(20)7-5-13/h4-9,12H,10H2,1-3H3,(H,21,22). The maximum atomic E-state index is 12.9. The normalized spacial score (nSPS) is 11.9. The lowest BCUT2D eigenvalue weighted by atomic mass is 10.2. The molecule has 1 N–H and O–H groups in total. The van der Waals surface area contributed by atoms with Crippen LogP contribution < -0.4 is 10.1 Å². The van der Waals surface area contributed by atoms with E-state index < -0.39 is 0 Å². The molecule has 1 amide bonds. The third kappa shape index (κ3) is 4.89. The number of halogens is 2. The number of thioether (sulfide) groups is 1. The highest BCUT2D eigenvalue weighted by molar-refractivity contribution is 8.00. The van der Waals surface area contributed by atoms with Gasteiger partial charge in [0.25, 0.3) is 0 Å². The van der Waals surface area contributed by atoms with Gasteiger partial charge in [0, 0.05) is 16.3 Å². The Kier molecular flexibility index (Phi) is 6.52. The van der Waals surface area contributed by atoms with E-state index in [-0.39, 0.29) is 22.7 Å². The molecule has 6 heteroatoms. The Bertz CT molecular complexity index is 722. The summed E-state index contributed by atoms with van der Waals surface area (Å²) in [7, 11) is 1.53. The molecule has 2 aromatic rings. The van der Waals surface area contributed by atoms with Gasteiger partial charge in [0.1, 0.15) is 11.6 Å². The lowest BCUT2D eigenvalue weighted by Crippen LogP contribution is -2.15. The fourth-order valence-electron chi connectivity index (χ4n) is 2.15. The fourth-order valence-corrected chi connectivity index (χ4v) is 3.12. The molecule has 0 aliphatic rings. The maximum absolute atomic E-state index is 12.9. The molecule has 128 valence electrons. The summed E-state index contributed by atoms with van der Waals surface area (Å²) in [5.74, 6) is 0.409. The first-order valence-electron chi connectivity index (χ1n) is 7.41. The van der Waals surface area contributed by atoms with Crippen LogP contribution >= 0.6 is 23.4 Å². The second kappa shape index (κ2) is 8.40. The van der Waals surface area contributed by atoms with Crippen molar-refractivity contribution in [3.05, 3.63) is 58.4 Å². The highest BCUT2D eigenvalue weighted by atomic mass is 35.5. The van der Waals surface area contributed by atoms with E-state index in [2.05, 4.69) is 5.32 Å². The van der Waals surface area contributed by atoms with Gasteiger partial charge in [-0.25, -0.2) is 4.39 Å². The zero-order valence-electron chi connectivity index (χ0n) is 13.7. The molecular weight excluding hydrogens is 349 g/mol. The SMILES string of the molecule is COc1cc(Cl)c(C)cc1NC(=O)CSC(C)c1ccc(F)cc1. The number of rotatable bonds is 6. The van der Waals surface area contributed by atoms with Crippen LogP contribution in [0.5, 0.6) is 5.75 Å². The maximum Gasteiger partial charge on any atom is 0.234 e. The predicted octanol–water partition coefficient (Wildman–Crippen LogP) is 5.23. The molecule has 0 aliphatic carbocycles. The van der Waals surface area contributed by atoms with Gasteiger partial charge in [-0.05, 0) is 43.2 Å². The highest BCUT2D eigenvalue weighted by Gasteiger charge is 2.13. The van der Waals surface area contributed by atoms with Crippen molar-refractivity contribution in [1.29, 1.82) is 0 Å². The molecule has 1 atom stereocenters. The van der Waals surface area contributed by atoms with Gasteiger partial charge in [-0.2, -0.15) is 0 Å². The lowest BCUT2D eigenvalue weighted by molar-refractivity contribution is -0.113. The first kappa shape index (κ1) is 18.6. The minimum absolute atomic E-state index is 0.0881. The van der Waals surface area contributed by atoms with Crippen molar-refractivity contribution < 1.29 is 13.9 Å². The second-order valence-corrected chi connectivity index (χ2v) is 7.09. The molecule has 24 heavy (non-hydrogen) atoms.